The lowest BCUT2D eigenvalue weighted by atomic mass is 10.0. The molecule has 3 unspecified atom stereocenters. The van der Waals surface area contributed by atoms with Crippen LogP contribution in [0.25, 0.3) is 0 Å². The van der Waals surface area contributed by atoms with Crippen LogP contribution in [-0.4, -0.2) is 38.3 Å². The lowest BCUT2D eigenvalue weighted by Crippen LogP contribution is -2.49. The molecule has 80 valence electrons. The van der Waals surface area contributed by atoms with Gasteiger partial charge < -0.3 is 15.4 Å². The standard InChI is InChI=1S/C10H19N3O/c1-11-10(12-2)13-8-5-3-7-4-6-9(8)14-7/h7-9H,3-6H2,1-2H3,(H2,11,12,13). The molecule has 14 heavy (non-hydrogen) atoms. The van der Waals surface area contributed by atoms with Gasteiger partial charge in [-0.25, -0.2) is 0 Å². The van der Waals surface area contributed by atoms with Crippen molar-refractivity contribution in [3.63, 3.8) is 0 Å². The summed E-state index contributed by atoms with van der Waals surface area (Å²) in [6.45, 7) is 0. The van der Waals surface area contributed by atoms with Gasteiger partial charge in [-0.2, -0.15) is 0 Å². The highest BCUT2D eigenvalue weighted by molar-refractivity contribution is 5.79. The summed E-state index contributed by atoms with van der Waals surface area (Å²) in [5.41, 5.74) is 0. The number of fused-ring (bicyclic) bond motifs is 2. The van der Waals surface area contributed by atoms with Crippen LogP contribution in [0.15, 0.2) is 4.99 Å². The molecule has 2 heterocycles. The van der Waals surface area contributed by atoms with Crippen LogP contribution < -0.4 is 10.6 Å². The van der Waals surface area contributed by atoms with Gasteiger partial charge in [0.1, 0.15) is 0 Å². The third-order valence-electron chi connectivity index (χ3n) is 3.17. The van der Waals surface area contributed by atoms with Gasteiger partial charge in [0, 0.05) is 14.1 Å². The van der Waals surface area contributed by atoms with Crippen LogP contribution in [0.5, 0.6) is 0 Å². The minimum absolute atomic E-state index is 0.402. The maximum atomic E-state index is 5.85. The van der Waals surface area contributed by atoms with Crippen molar-refractivity contribution in [3.8, 4) is 0 Å². The summed E-state index contributed by atoms with van der Waals surface area (Å²) in [4.78, 5) is 4.12. The maximum absolute atomic E-state index is 5.85. The van der Waals surface area contributed by atoms with E-state index < -0.39 is 0 Å². The van der Waals surface area contributed by atoms with E-state index in [4.69, 9.17) is 4.74 Å². The quantitative estimate of drug-likeness (QED) is 0.475. The van der Waals surface area contributed by atoms with E-state index in [-0.39, 0.29) is 0 Å². The summed E-state index contributed by atoms with van der Waals surface area (Å²) in [5.74, 6) is 0.865. The van der Waals surface area contributed by atoms with Gasteiger partial charge in [-0.1, -0.05) is 0 Å². The van der Waals surface area contributed by atoms with Crippen LogP contribution >= 0.6 is 0 Å². The number of rotatable bonds is 1. The molecule has 2 fully saturated rings. The van der Waals surface area contributed by atoms with E-state index >= 15 is 0 Å². The molecule has 3 atom stereocenters. The van der Waals surface area contributed by atoms with Crippen molar-refractivity contribution in [1.29, 1.82) is 0 Å². The summed E-state index contributed by atoms with van der Waals surface area (Å²) in [6.07, 6.45) is 5.77. The number of ether oxygens (including phenoxy) is 1. The molecule has 4 heteroatoms. The molecule has 0 saturated carbocycles. The van der Waals surface area contributed by atoms with Crippen molar-refractivity contribution in [2.24, 2.45) is 4.99 Å². The van der Waals surface area contributed by atoms with Gasteiger partial charge in [0.15, 0.2) is 5.96 Å². The largest absolute Gasteiger partial charge is 0.373 e. The molecule has 0 aromatic heterocycles. The molecule has 0 radical (unpaired) electrons. The third kappa shape index (κ3) is 1.85. The van der Waals surface area contributed by atoms with Gasteiger partial charge in [0.2, 0.25) is 0 Å². The first-order valence-corrected chi connectivity index (χ1v) is 5.40. The molecule has 2 rings (SSSR count). The molecule has 2 aliphatic rings. The number of nitrogens with zero attached hydrogens (tertiary/aromatic N) is 1. The monoisotopic (exact) mass is 197 g/mol. The molecule has 4 nitrogen and oxygen atoms in total. The van der Waals surface area contributed by atoms with E-state index in [1.807, 2.05) is 7.05 Å². The van der Waals surface area contributed by atoms with Crippen molar-refractivity contribution in [3.05, 3.63) is 0 Å². The Bertz CT molecular complexity index is 229. The molecule has 0 aromatic rings. The number of aliphatic imine (C=N–C) groups is 1. The fourth-order valence-electron chi connectivity index (χ4n) is 2.38. The Morgan fingerprint density at radius 1 is 1.29 bits per heavy atom. The normalized spacial score (nSPS) is 37.0. The summed E-state index contributed by atoms with van der Waals surface area (Å²) in [6, 6.07) is 0.444. The molecular formula is C10H19N3O. The zero-order valence-corrected chi connectivity index (χ0v) is 8.92. The van der Waals surface area contributed by atoms with Crippen LogP contribution in [0.3, 0.4) is 0 Å². The summed E-state index contributed by atoms with van der Waals surface area (Å²) < 4.78 is 5.85. The van der Waals surface area contributed by atoms with Crippen LogP contribution in [-0.2, 0) is 4.74 Å². The fraction of sp³-hybridized carbons (Fsp3) is 0.900. The molecule has 0 amide bonds. The fourth-order valence-corrected chi connectivity index (χ4v) is 2.38. The van der Waals surface area contributed by atoms with E-state index in [2.05, 4.69) is 15.6 Å². The average molecular weight is 197 g/mol. The highest BCUT2D eigenvalue weighted by Gasteiger charge is 2.36. The Morgan fingerprint density at radius 2 is 2.07 bits per heavy atom. The smallest absolute Gasteiger partial charge is 0.191 e. The summed E-state index contributed by atoms with van der Waals surface area (Å²) >= 11 is 0. The van der Waals surface area contributed by atoms with Gasteiger partial charge in [-0.3, -0.25) is 4.99 Å². The Balaban J connectivity index is 1.91. The predicted octanol–water partition coefficient (Wildman–Crippen LogP) is 0.491. The van der Waals surface area contributed by atoms with E-state index in [1.54, 1.807) is 7.05 Å². The van der Waals surface area contributed by atoms with Crippen LogP contribution in [0.2, 0.25) is 0 Å². The number of nitrogens with one attached hydrogen (secondary N) is 2. The molecule has 0 aliphatic carbocycles. The number of hydrogen-bond acceptors (Lipinski definition) is 2. The zero-order chi connectivity index (χ0) is 9.97. The molecule has 0 spiro atoms. The lowest BCUT2D eigenvalue weighted by Gasteiger charge is -2.30. The van der Waals surface area contributed by atoms with Gasteiger partial charge >= 0.3 is 0 Å². The minimum atomic E-state index is 0.402. The SMILES string of the molecule is CN=C(NC)NC1CCC2CCC1O2. The first-order valence-electron chi connectivity index (χ1n) is 5.40. The van der Waals surface area contributed by atoms with E-state index in [0.29, 0.717) is 18.2 Å². The Morgan fingerprint density at radius 3 is 2.79 bits per heavy atom. The third-order valence-corrected chi connectivity index (χ3v) is 3.17. The average Bonchev–Trinajstić information content (AvgIpc) is 2.61. The first kappa shape index (κ1) is 9.77. The van der Waals surface area contributed by atoms with E-state index in [9.17, 15) is 0 Å². The van der Waals surface area contributed by atoms with E-state index in [0.717, 1.165) is 5.96 Å². The molecule has 2 N–H and O–H groups in total. The molecule has 0 aromatic carbocycles. The highest BCUT2D eigenvalue weighted by atomic mass is 16.5. The summed E-state index contributed by atoms with van der Waals surface area (Å²) in [7, 11) is 3.68. The second-order valence-corrected chi connectivity index (χ2v) is 4.02. The van der Waals surface area contributed by atoms with Gasteiger partial charge in [-0.05, 0) is 25.7 Å². The number of hydrogen-bond donors (Lipinski definition) is 2. The van der Waals surface area contributed by atoms with Gasteiger partial charge in [0.05, 0.1) is 18.2 Å². The van der Waals surface area contributed by atoms with Crippen LogP contribution in [0.4, 0.5) is 0 Å². The van der Waals surface area contributed by atoms with Crippen molar-refractivity contribution >= 4 is 5.96 Å². The van der Waals surface area contributed by atoms with Gasteiger partial charge in [0.25, 0.3) is 0 Å². The van der Waals surface area contributed by atoms with Crippen molar-refractivity contribution in [2.75, 3.05) is 14.1 Å². The van der Waals surface area contributed by atoms with Crippen LogP contribution in [0, 0.1) is 0 Å². The first-order chi connectivity index (χ1) is 6.83. The molecule has 2 aliphatic heterocycles. The van der Waals surface area contributed by atoms with E-state index in [1.165, 1.54) is 25.7 Å². The Kier molecular flexibility index (Phi) is 2.91. The Hall–Kier alpha value is -0.770. The molecule has 2 saturated heterocycles. The second kappa shape index (κ2) is 4.17. The second-order valence-electron chi connectivity index (χ2n) is 4.02. The maximum Gasteiger partial charge on any atom is 0.191 e. The number of guanidine groups is 1. The zero-order valence-electron chi connectivity index (χ0n) is 8.92. The van der Waals surface area contributed by atoms with Crippen molar-refractivity contribution in [2.45, 2.75) is 43.9 Å². The van der Waals surface area contributed by atoms with Crippen LogP contribution in [0.1, 0.15) is 25.7 Å². The summed E-state index contributed by atoms with van der Waals surface area (Å²) in [5, 5.41) is 6.44. The molecular weight excluding hydrogens is 178 g/mol. The van der Waals surface area contributed by atoms with Crippen molar-refractivity contribution in [1.82, 2.24) is 10.6 Å². The molecule has 2 bridgehead atoms. The highest BCUT2D eigenvalue weighted by Crippen LogP contribution is 2.32. The van der Waals surface area contributed by atoms with Gasteiger partial charge in [-0.15, -0.1) is 0 Å². The topological polar surface area (TPSA) is 45.7 Å². The minimum Gasteiger partial charge on any atom is -0.373 e. The predicted molar refractivity (Wildman–Crippen MR) is 56.5 cm³/mol. The Labute approximate surface area is 85.1 Å². The lowest BCUT2D eigenvalue weighted by molar-refractivity contribution is -0.0119. The van der Waals surface area contributed by atoms with Crippen molar-refractivity contribution < 1.29 is 4.74 Å².